The number of phenols is 1. The number of hydrogen-bond acceptors (Lipinski definition) is 8. The third-order valence-corrected chi connectivity index (χ3v) is 4.42. The number of aromatic nitrogens is 1. The molecule has 8 heteroatoms. The summed E-state index contributed by atoms with van der Waals surface area (Å²) >= 11 is 0. The molecule has 4 aromatic rings. The van der Waals surface area contributed by atoms with E-state index in [0.717, 1.165) is 11.4 Å². The molecule has 1 N–H and O–H groups in total. The van der Waals surface area contributed by atoms with E-state index in [1.54, 1.807) is 24.3 Å². The summed E-state index contributed by atoms with van der Waals surface area (Å²) in [6, 6.07) is 20.0. The van der Waals surface area contributed by atoms with E-state index in [1.165, 1.54) is 18.5 Å². The van der Waals surface area contributed by atoms with Gasteiger partial charge < -0.3 is 14.4 Å². The quantitative estimate of drug-likeness (QED) is 0.347. The van der Waals surface area contributed by atoms with Crippen molar-refractivity contribution in [2.24, 2.45) is 20.5 Å². The Balaban J connectivity index is 1.41. The topological polar surface area (TPSA) is 98.9 Å². The highest BCUT2D eigenvalue weighted by Gasteiger charge is 2.09. The van der Waals surface area contributed by atoms with Gasteiger partial charge in [0.05, 0.1) is 34.5 Å². The van der Waals surface area contributed by atoms with E-state index in [2.05, 4.69) is 25.4 Å². The number of nitrogens with zero attached hydrogens (tertiary/aromatic N) is 6. The van der Waals surface area contributed by atoms with Crippen molar-refractivity contribution >= 4 is 28.4 Å². The Morgan fingerprint density at radius 1 is 0.742 bits per heavy atom. The first-order chi connectivity index (χ1) is 15.1. The molecule has 154 valence electrons. The third-order valence-electron chi connectivity index (χ3n) is 4.42. The highest BCUT2D eigenvalue weighted by molar-refractivity contribution is 5.66. The normalized spacial score (nSPS) is 11.4. The predicted octanol–water partition coefficient (Wildman–Crippen LogP) is 6.94. The third kappa shape index (κ3) is 4.99. The fourth-order valence-corrected chi connectivity index (χ4v) is 2.75. The molecule has 3 aromatic carbocycles. The second kappa shape index (κ2) is 9.00. The molecule has 0 saturated heterocycles. The molecule has 0 aliphatic carbocycles. The van der Waals surface area contributed by atoms with E-state index in [4.69, 9.17) is 4.42 Å². The van der Waals surface area contributed by atoms with Crippen LogP contribution in [-0.2, 0) is 0 Å². The smallest absolute Gasteiger partial charge is 0.229 e. The van der Waals surface area contributed by atoms with Gasteiger partial charge in [-0.25, -0.2) is 4.98 Å². The SMILES string of the molecule is CN(C)c1ccc(/N=N/c2ccc(/N=N/c3ccc(-c4ncco4)c(O)c3)cc2)cc1. The maximum Gasteiger partial charge on any atom is 0.229 e. The summed E-state index contributed by atoms with van der Waals surface area (Å²) in [4.78, 5) is 6.05. The molecule has 0 fully saturated rings. The lowest BCUT2D eigenvalue weighted by Gasteiger charge is -2.11. The predicted molar refractivity (Wildman–Crippen MR) is 119 cm³/mol. The molecule has 31 heavy (non-hydrogen) atoms. The first-order valence-corrected chi connectivity index (χ1v) is 9.52. The van der Waals surface area contributed by atoms with Gasteiger partial charge in [0.25, 0.3) is 0 Å². The molecule has 0 saturated carbocycles. The highest BCUT2D eigenvalue weighted by Crippen LogP contribution is 2.32. The molecule has 0 aliphatic heterocycles. The number of azo groups is 2. The van der Waals surface area contributed by atoms with Crippen LogP contribution in [0.2, 0.25) is 0 Å². The summed E-state index contributed by atoms with van der Waals surface area (Å²) in [5, 5.41) is 27.0. The van der Waals surface area contributed by atoms with Gasteiger partial charge in [-0.15, -0.1) is 0 Å². The fraction of sp³-hybridized carbons (Fsp3) is 0.0870. The Kier molecular flexibility index (Phi) is 5.79. The lowest BCUT2D eigenvalue weighted by molar-refractivity contribution is 0.473. The van der Waals surface area contributed by atoms with Gasteiger partial charge in [-0.05, 0) is 60.7 Å². The van der Waals surface area contributed by atoms with Crippen LogP contribution >= 0.6 is 0 Å². The zero-order valence-corrected chi connectivity index (χ0v) is 17.0. The number of rotatable bonds is 6. The maximum atomic E-state index is 10.2. The molecule has 0 amide bonds. The van der Waals surface area contributed by atoms with Gasteiger partial charge in [0.1, 0.15) is 12.0 Å². The number of aromatic hydroxyl groups is 1. The molecular formula is C23H20N6O2. The zero-order chi connectivity index (χ0) is 21.6. The minimum atomic E-state index is 0.0215. The van der Waals surface area contributed by atoms with E-state index < -0.39 is 0 Å². The van der Waals surface area contributed by atoms with Crippen LogP contribution in [0.15, 0.2) is 104 Å². The Labute approximate surface area is 179 Å². The maximum absolute atomic E-state index is 10.2. The van der Waals surface area contributed by atoms with Crippen molar-refractivity contribution in [2.75, 3.05) is 19.0 Å². The molecule has 0 bridgehead atoms. The van der Waals surface area contributed by atoms with Crippen molar-refractivity contribution in [2.45, 2.75) is 0 Å². The Morgan fingerprint density at radius 3 is 1.74 bits per heavy atom. The molecule has 4 rings (SSSR count). The highest BCUT2D eigenvalue weighted by atomic mass is 16.3. The number of benzene rings is 3. The van der Waals surface area contributed by atoms with Gasteiger partial charge >= 0.3 is 0 Å². The fourth-order valence-electron chi connectivity index (χ4n) is 2.75. The van der Waals surface area contributed by atoms with Gasteiger partial charge in [0.15, 0.2) is 0 Å². The molecule has 0 unspecified atom stereocenters. The molecule has 0 atom stereocenters. The van der Waals surface area contributed by atoms with Crippen molar-refractivity contribution in [3.05, 3.63) is 79.2 Å². The molecule has 0 aliphatic rings. The van der Waals surface area contributed by atoms with Gasteiger partial charge in [0, 0.05) is 25.8 Å². The van der Waals surface area contributed by atoms with E-state index >= 15 is 0 Å². The largest absolute Gasteiger partial charge is 0.507 e. The molecule has 0 spiro atoms. The number of anilines is 1. The van der Waals surface area contributed by atoms with Crippen LogP contribution in [-0.4, -0.2) is 24.2 Å². The van der Waals surface area contributed by atoms with Crippen molar-refractivity contribution in [3.8, 4) is 17.2 Å². The summed E-state index contributed by atoms with van der Waals surface area (Å²) in [6.45, 7) is 0. The van der Waals surface area contributed by atoms with Crippen LogP contribution in [0, 0.1) is 0 Å². The molecule has 1 aromatic heterocycles. The average Bonchev–Trinajstić information content (AvgIpc) is 3.32. The van der Waals surface area contributed by atoms with Crippen LogP contribution < -0.4 is 4.90 Å². The number of phenolic OH excluding ortho intramolecular Hbond substituents is 1. The standard InChI is InChI=1S/C23H20N6O2/c1-29(2)20-10-7-18(8-11-20)26-25-16-3-5-17(6-4-16)27-28-19-9-12-21(22(30)15-19)23-24-13-14-31-23/h3-15,30H,1-2H3/b26-25+,28-27+. The lowest BCUT2D eigenvalue weighted by atomic mass is 10.2. The summed E-state index contributed by atoms with van der Waals surface area (Å²) in [5.41, 5.74) is 4.26. The van der Waals surface area contributed by atoms with Gasteiger partial charge in [-0.1, -0.05) is 0 Å². The van der Waals surface area contributed by atoms with Crippen LogP contribution in [0.25, 0.3) is 11.5 Å². The van der Waals surface area contributed by atoms with Crippen LogP contribution in [0.3, 0.4) is 0 Å². The summed E-state index contributed by atoms with van der Waals surface area (Å²) in [5.74, 6) is 0.368. The monoisotopic (exact) mass is 412 g/mol. The molecule has 1 heterocycles. The Morgan fingerprint density at radius 2 is 1.26 bits per heavy atom. The van der Waals surface area contributed by atoms with Crippen molar-refractivity contribution in [1.82, 2.24) is 4.98 Å². The summed E-state index contributed by atoms with van der Waals surface area (Å²) in [6.07, 6.45) is 2.97. The zero-order valence-electron chi connectivity index (χ0n) is 17.0. The Bertz CT molecular complexity index is 1200. The van der Waals surface area contributed by atoms with Gasteiger partial charge in [0.2, 0.25) is 5.89 Å². The lowest BCUT2D eigenvalue weighted by Crippen LogP contribution is -2.07. The second-order valence-electron chi connectivity index (χ2n) is 6.87. The van der Waals surface area contributed by atoms with Crippen molar-refractivity contribution in [3.63, 3.8) is 0 Å². The van der Waals surface area contributed by atoms with Crippen molar-refractivity contribution < 1.29 is 9.52 Å². The number of oxazole rings is 1. The second-order valence-corrected chi connectivity index (χ2v) is 6.87. The number of hydrogen-bond donors (Lipinski definition) is 1. The van der Waals surface area contributed by atoms with E-state index in [1.807, 2.05) is 55.4 Å². The minimum Gasteiger partial charge on any atom is -0.507 e. The molecule has 8 nitrogen and oxygen atoms in total. The van der Waals surface area contributed by atoms with E-state index in [9.17, 15) is 5.11 Å². The van der Waals surface area contributed by atoms with E-state index in [-0.39, 0.29) is 5.75 Å². The minimum absolute atomic E-state index is 0.0215. The summed E-state index contributed by atoms with van der Waals surface area (Å²) in [7, 11) is 3.98. The van der Waals surface area contributed by atoms with Crippen LogP contribution in [0.5, 0.6) is 5.75 Å². The average molecular weight is 412 g/mol. The van der Waals surface area contributed by atoms with Gasteiger partial charge in [-0.3, -0.25) is 0 Å². The first kappa shape index (κ1) is 20.0. The van der Waals surface area contributed by atoms with Crippen molar-refractivity contribution in [1.29, 1.82) is 0 Å². The van der Waals surface area contributed by atoms with Gasteiger partial charge in [-0.2, -0.15) is 20.5 Å². The molecule has 0 radical (unpaired) electrons. The van der Waals surface area contributed by atoms with Crippen LogP contribution in [0.4, 0.5) is 28.4 Å². The summed E-state index contributed by atoms with van der Waals surface area (Å²) < 4.78 is 5.20. The van der Waals surface area contributed by atoms with E-state index in [0.29, 0.717) is 28.5 Å². The molecular weight excluding hydrogens is 392 g/mol. The Hall–Kier alpha value is -4.33. The first-order valence-electron chi connectivity index (χ1n) is 9.52. The van der Waals surface area contributed by atoms with Crippen LogP contribution in [0.1, 0.15) is 0 Å².